The monoisotopic (exact) mass is 481 g/mol. The van der Waals surface area contributed by atoms with Crippen molar-refractivity contribution in [1.82, 2.24) is 24.6 Å². The van der Waals surface area contributed by atoms with Gasteiger partial charge in [-0.15, -0.1) is 10.2 Å². The zero-order valence-electron chi connectivity index (χ0n) is 19.1. The molecule has 2 fully saturated rings. The molecule has 3 aliphatic heterocycles. The lowest BCUT2D eigenvalue weighted by molar-refractivity contribution is -0.135. The molecule has 3 aliphatic rings. The summed E-state index contributed by atoms with van der Waals surface area (Å²) in [5.41, 5.74) is 2.12. The van der Waals surface area contributed by atoms with E-state index in [2.05, 4.69) is 29.5 Å². The highest BCUT2D eigenvalue weighted by molar-refractivity contribution is 6.30. The molecule has 0 bridgehead atoms. The van der Waals surface area contributed by atoms with Gasteiger partial charge in [0.05, 0.1) is 18.4 Å². The first-order valence-electron chi connectivity index (χ1n) is 11.5. The Kier molecular flexibility index (Phi) is 4.81. The van der Waals surface area contributed by atoms with Crippen LogP contribution in [0.5, 0.6) is 0 Å². The summed E-state index contributed by atoms with van der Waals surface area (Å²) in [5, 5.41) is 9.66. The SMILES string of the molecule is CC(C)C(=O)N1Cc2cc(Cl)ccc2-n2c(nnc2N2CC3(CN(c4ccc(F)cn4)C3)C2)C1. The van der Waals surface area contributed by atoms with Crippen LogP contribution in [0.15, 0.2) is 36.5 Å². The molecule has 1 amide bonds. The van der Waals surface area contributed by atoms with Crippen molar-refractivity contribution in [3.05, 3.63) is 58.8 Å². The second kappa shape index (κ2) is 7.66. The van der Waals surface area contributed by atoms with E-state index in [1.54, 1.807) is 6.07 Å². The summed E-state index contributed by atoms with van der Waals surface area (Å²) < 4.78 is 15.3. The molecular formula is C24H25ClFN7O. The van der Waals surface area contributed by atoms with E-state index in [0.29, 0.717) is 18.1 Å². The number of fused-ring (bicyclic) bond motifs is 3. The van der Waals surface area contributed by atoms with Crippen LogP contribution in [0, 0.1) is 17.2 Å². The molecule has 5 heterocycles. The van der Waals surface area contributed by atoms with E-state index in [0.717, 1.165) is 55.0 Å². The first kappa shape index (κ1) is 21.3. The summed E-state index contributed by atoms with van der Waals surface area (Å²) in [6, 6.07) is 8.95. The van der Waals surface area contributed by atoms with Gasteiger partial charge >= 0.3 is 0 Å². The van der Waals surface area contributed by atoms with Gasteiger partial charge in [-0.3, -0.25) is 9.36 Å². The summed E-state index contributed by atoms with van der Waals surface area (Å²) in [6.07, 6.45) is 1.26. The third-order valence-corrected chi connectivity index (χ3v) is 7.15. The highest BCUT2D eigenvalue weighted by Gasteiger charge is 2.53. The quantitative estimate of drug-likeness (QED) is 0.572. The average Bonchev–Trinajstić information content (AvgIpc) is 3.07. The summed E-state index contributed by atoms with van der Waals surface area (Å²) in [5.74, 6) is 2.00. The minimum absolute atomic E-state index is 0.0794. The number of hydrogen-bond acceptors (Lipinski definition) is 6. The van der Waals surface area contributed by atoms with E-state index in [1.165, 1.54) is 12.3 Å². The summed E-state index contributed by atoms with van der Waals surface area (Å²) in [4.78, 5) is 23.3. The summed E-state index contributed by atoms with van der Waals surface area (Å²) in [7, 11) is 0. The van der Waals surface area contributed by atoms with E-state index in [4.69, 9.17) is 11.6 Å². The van der Waals surface area contributed by atoms with Gasteiger partial charge in [0.2, 0.25) is 11.9 Å². The molecule has 1 spiro atoms. The number of rotatable bonds is 3. The Morgan fingerprint density at radius 2 is 1.82 bits per heavy atom. The van der Waals surface area contributed by atoms with E-state index in [9.17, 15) is 9.18 Å². The Labute approximate surface area is 201 Å². The number of nitrogens with zero attached hydrogens (tertiary/aromatic N) is 7. The molecule has 3 aromatic rings. The zero-order chi connectivity index (χ0) is 23.6. The van der Waals surface area contributed by atoms with Crippen LogP contribution < -0.4 is 9.80 Å². The smallest absolute Gasteiger partial charge is 0.232 e. The number of aromatic nitrogens is 4. The van der Waals surface area contributed by atoms with Crippen LogP contribution in [0.2, 0.25) is 5.02 Å². The topological polar surface area (TPSA) is 70.4 Å². The van der Waals surface area contributed by atoms with Crippen molar-refractivity contribution >= 4 is 29.3 Å². The number of hydrogen-bond donors (Lipinski definition) is 0. The molecule has 0 aliphatic carbocycles. The molecule has 8 nitrogen and oxygen atoms in total. The number of anilines is 2. The van der Waals surface area contributed by atoms with Crippen LogP contribution in [0.4, 0.5) is 16.2 Å². The molecule has 10 heteroatoms. The van der Waals surface area contributed by atoms with Gasteiger partial charge in [0.1, 0.15) is 11.6 Å². The molecular weight excluding hydrogens is 457 g/mol. The van der Waals surface area contributed by atoms with Gasteiger partial charge in [0, 0.05) is 49.1 Å². The van der Waals surface area contributed by atoms with E-state index >= 15 is 0 Å². The normalized spacial score (nSPS) is 18.3. The van der Waals surface area contributed by atoms with E-state index in [-0.39, 0.29) is 23.1 Å². The molecule has 176 valence electrons. The Bertz CT molecular complexity index is 1260. The van der Waals surface area contributed by atoms with Crippen LogP contribution in [-0.2, 0) is 17.9 Å². The Morgan fingerprint density at radius 3 is 2.53 bits per heavy atom. The van der Waals surface area contributed by atoms with Crippen molar-refractivity contribution < 1.29 is 9.18 Å². The average molecular weight is 482 g/mol. The Hall–Kier alpha value is -3.20. The molecule has 1 aromatic carbocycles. The van der Waals surface area contributed by atoms with Gasteiger partial charge < -0.3 is 14.7 Å². The number of amides is 1. The molecule has 6 rings (SSSR count). The van der Waals surface area contributed by atoms with Crippen molar-refractivity contribution in [2.45, 2.75) is 26.9 Å². The van der Waals surface area contributed by atoms with Gasteiger partial charge in [-0.1, -0.05) is 25.4 Å². The standard InChI is InChI=1S/C24H25ClFN7O/c1-15(2)22(34)30-9-16-7-17(25)3-5-19(16)33-21(10-30)28-29-23(33)32-13-24(14-32)11-31(12-24)20-6-4-18(26)8-27-20/h3-8,15H,9-14H2,1-2H3. The second-order valence-corrected chi connectivity index (χ2v) is 10.4. The van der Waals surface area contributed by atoms with Crippen molar-refractivity contribution in [3.8, 4) is 5.69 Å². The fourth-order valence-electron chi connectivity index (χ4n) is 5.30. The van der Waals surface area contributed by atoms with Crippen LogP contribution in [-0.4, -0.2) is 56.7 Å². The first-order chi connectivity index (χ1) is 16.3. The predicted octanol–water partition coefficient (Wildman–Crippen LogP) is 3.28. The van der Waals surface area contributed by atoms with Gasteiger partial charge in [-0.2, -0.15) is 0 Å². The minimum Gasteiger partial charge on any atom is -0.355 e. The fourth-order valence-corrected chi connectivity index (χ4v) is 5.49. The third-order valence-electron chi connectivity index (χ3n) is 6.92. The maximum atomic E-state index is 13.2. The van der Waals surface area contributed by atoms with E-state index < -0.39 is 0 Å². The molecule has 0 radical (unpaired) electrons. The maximum Gasteiger partial charge on any atom is 0.232 e. The second-order valence-electron chi connectivity index (χ2n) is 9.92. The van der Waals surface area contributed by atoms with Crippen LogP contribution in [0.3, 0.4) is 0 Å². The summed E-state index contributed by atoms with van der Waals surface area (Å²) >= 11 is 6.31. The van der Waals surface area contributed by atoms with E-state index in [1.807, 2.05) is 36.9 Å². The van der Waals surface area contributed by atoms with Crippen molar-refractivity contribution in [2.75, 3.05) is 36.0 Å². The number of pyridine rings is 1. The highest BCUT2D eigenvalue weighted by atomic mass is 35.5. The molecule has 0 saturated carbocycles. The lowest BCUT2D eigenvalue weighted by atomic mass is 9.73. The first-order valence-corrected chi connectivity index (χ1v) is 11.8. The molecule has 0 atom stereocenters. The molecule has 34 heavy (non-hydrogen) atoms. The van der Waals surface area contributed by atoms with Crippen LogP contribution in [0.1, 0.15) is 25.2 Å². The van der Waals surface area contributed by atoms with Crippen molar-refractivity contribution in [2.24, 2.45) is 11.3 Å². The fraction of sp³-hybridized carbons (Fsp3) is 0.417. The zero-order valence-corrected chi connectivity index (χ0v) is 19.8. The van der Waals surface area contributed by atoms with Gasteiger partial charge in [-0.05, 0) is 35.9 Å². The van der Waals surface area contributed by atoms with Crippen LogP contribution in [0.25, 0.3) is 5.69 Å². The molecule has 2 aromatic heterocycles. The van der Waals surface area contributed by atoms with Crippen molar-refractivity contribution in [1.29, 1.82) is 0 Å². The number of carbonyl (C=O) groups is 1. The highest BCUT2D eigenvalue weighted by Crippen LogP contribution is 2.44. The molecule has 2 saturated heterocycles. The lowest BCUT2D eigenvalue weighted by Crippen LogP contribution is -2.73. The largest absolute Gasteiger partial charge is 0.355 e. The third kappa shape index (κ3) is 3.41. The van der Waals surface area contributed by atoms with Gasteiger partial charge in [0.25, 0.3) is 0 Å². The van der Waals surface area contributed by atoms with Gasteiger partial charge in [0.15, 0.2) is 5.82 Å². The number of benzene rings is 1. The van der Waals surface area contributed by atoms with Crippen LogP contribution >= 0.6 is 11.6 Å². The number of halogens is 2. The Balaban J connectivity index is 1.25. The minimum atomic E-state index is -0.323. The maximum absolute atomic E-state index is 13.2. The number of carbonyl (C=O) groups excluding carboxylic acids is 1. The van der Waals surface area contributed by atoms with Gasteiger partial charge in [-0.25, -0.2) is 9.37 Å². The lowest BCUT2D eigenvalue weighted by Gasteiger charge is -2.60. The molecule has 0 N–H and O–H groups in total. The molecule has 0 unspecified atom stereocenters. The summed E-state index contributed by atoms with van der Waals surface area (Å²) in [6.45, 7) is 8.19. The predicted molar refractivity (Wildman–Crippen MR) is 127 cm³/mol. The Morgan fingerprint density at radius 1 is 1.06 bits per heavy atom. The van der Waals surface area contributed by atoms with Crippen molar-refractivity contribution in [3.63, 3.8) is 0 Å².